The molecule has 88 valence electrons. The molecule has 0 saturated carbocycles. The number of aromatic amines is 1. The van der Waals surface area contributed by atoms with Crippen molar-refractivity contribution in [2.45, 2.75) is 25.9 Å². The second kappa shape index (κ2) is 5.80. The van der Waals surface area contributed by atoms with Crippen LogP contribution in [0.2, 0.25) is 0 Å². The van der Waals surface area contributed by atoms with Crippen LogP contribution in [0.15, 0.2) is 6.07 Å². The van der Waals surface area contributed by atoms with Crippen molar-refractivity contribution >= 4 is 24.0 Å². The highest BCUT2D eigenvalue weighted by molar-refractivity contribution is 7.99. The fourth-order valence-electron chi connectivity index (χ4n) is 1.73. The average Bonchev–Trinajstić information content (AvgIpc) is 2.30. The molecule has 0 bridgehead atoms. The molecule has 1 saturated heterocycles. The lowest BCUT2D eigenvalue weighted by molar-refractivity contribution is 0.0692. The summed E-state index contributed by atoms with van der Waals surface area (Å²) in [4.78, 5) is 7.70. The normalized spacial score (nSPS) is 20.9. The monoisotopic (exact) mass is 256 g/mol. The fraction of sp³-hybridized carbons (Fsp3) is 0.636. The number of nitrogens with one attached hydrogen (secondary N) is 1. The number of ether oxygens (including phenoxy) is 1. The van der Waals surface area contributed by atoms with E-state index < -0.39 is 0 Å². The maximum absolute atomic E-state index is 5.69. The minimum absolute atomic E-state index is 0.0808. The maximum Gasteiger partial charge on any atom is 0.138 e. The summed E-state index contributed by atoms with van der Waals surface area (Å²) in [6.07, 6.45) is 2.20. The van der Waals surface area contributed by atoms with Gasteiger partial charge in [-0.05, 0) is 12.5 Å². The summed E-state index contributed by atoms with van der Waals surface area (Å²) in [5.74, 6) is 2.93. The Hall–Kier alpha value is -0.390. The molecule has 0 radical (unpaired) electrons. The Morgan fingerprint density at radius 3 is 3.25 bits per heavy atom. The third-order valence-corrected chi connectivity index (χ3v) is 3.66. The molecule has 1 aliphatic heterocycles. The molecule has 16 heavy (non-hydrogen) atoms. The van der Waals surface area contributed by atoms with Crippen molar-refractivity contribution in [1.29, 1.82) is 0 Å². The summed E-state index contributed by atoms with van der Waals surface area (Å²) in [6.45, 7) is 2.96. The lowest BCUT2D eigenvalue weighted by atomic mass is 10.2. The predicted molar refractivity (Wildman–Crippen MR) is 69.4 cm³/mol. The Morgan fingerprint density at radius 1 is 1.69 bits per heavy atom. The van der Waals surface area contributed by atoms with Crippen molar-refractivity contribution in [3.63, 3.8) is 0 Å². The first-order valence-corrected chi connectivity index (χ1v) is 7.15. The van der Waals surface area contributed by atoms with Gasteiger partial charge in [0.15, 0.2) is 0 Å². The molecule has 0 amide bonds. The van der Waals surface area contributed by atoms with Crippen molar-refractivity contribution < 1.29 is 4.74 Å². The first-order chi connectivity index (χ1) is 7.79. The number of hydrogen-bond donors (Lipinski definition) is 1. The fourth-order valence-corrected chi connectivity index (χ4v) is 2.82. The summed E-state index contributed by atoms with van der Waals surface area (Å²) in [7, 11) is 0. The van der Waals surface area contributed by atoms with Gasteiger partial charge in [-0.1, -0.05) is 25.6 Å². The van der Waals surface area contributed by atoms with Gasteiger partial charge in [-0.3, -0.25) is 0 Å². The average molecular weight is 256 g/mol. The number of nitrogens with zero attached hydrogens (tertiary/aromatic N) is 1. The smallest absolute Gasteiger partial charge is 0.138 e. The molecule has 0 aromatic carbocycles. The molecular formula is C11H16N2OS2. The SMILES string of the molecule is CCCc1cc(=S)nc(C2CSCCO2)[nH]1. The largest absolute Gasteiger partial charge is 0.369 e. The van der Waals surface area contributed by atoms with Crippen LogP contribution in [0.3, 0.4) is 0 Å². The second-order valence-electron chi connectivity index (χ2n) is 3.81. The molecule has 1 aromatic heterocycles. The number of aromatic nitrogens is 2. The van der Waals surface area contributed by atoms with Crippen molar-refractivity contribution in [2.24, 2.45) is 0 Å². The van der Waals surface area contributed by atoms with E-state index in [1.54, 1.807) is 0 Å². The summed E-state index contributed by atoms with van der Waals surface area (Å²) < 4.78 is 6.35. The van der Waals surface area contributed by atoms with Gasteiger partial charge in [-0.15, -0.1) is 0 Å². The van der Waals surface area contributed by atoms with E-state index in [9.17, 15) is 0 Å². The molecule has 1 unspecified atom stereocenters. The van der Waals surface area contributed by atoms with Crippen molar-refractivity contribution in [3.05, 3.63) is 22.2 Å². The van der Waals surface area contributed by atoms with Crippen LogP contribution >= 0.6 is 24.0 Å². The third kappa shape index (κ3) is 3.06. The van der Waals surface area contributed by atoms with Crippen LogP contribution in [0.1, 0.15) is 31.0 Å². The number of aryl methyl sites for hydroxylation is 1. The summed E-state index contributed by atoms with van der Waals surface area (Å²) >= 11 is 7.08. The molecular weight excluding hydrogens is 240 g/mol. The molecule has 5 heteroatoms. The van der Waals surface area contributed by atoms with Gasteiger partial charge in [0.05, 0.1) is 6.61 Å². The molecule has 2 rings (SSSR count). The van der Waals surface area contributed by atoms with Crippen molar-refractivity contribution in [1.82, 2.24) is 9.97 Å². The van der Waals surface area contributed by atoms with E-state index >= 15 is 0 Å². The molecule has 1 fully saturated rings. The minimum atomic E-state index is 0.0808. The van der Waals surface area contributed by atoms with E-state index in [1.165, 1.54) is 0 Å². The maximum atomic E-state index is 5.69. The Bertz CT molecular complexity index is 399. The minimum Gasteiger partial charge on any atom is -0.369 e. The van der Waals surface area contributed by atoms with E-state index in [0.29, 0.717) is 4.64 Å². The molecule has 1 N–H and O–H groups in total. The van der Waals surface area contributed by atoms with Crippen LogP contribution in [0, 0.1) is 4.64 Å². The molecule has 0 aliphatic carbocycles. The standard InChI is InChI=1S/C11H16N2OS2/c1-2-3-8-6-10(15)13-11(12-8)9-7-16-5-4-14-9/h6,9H,2-5,7H2,1H3,(H,12,13,15). The van der Waals surface area contributed by atoms with Crippen LogP contribution in [-0.4, -0.2) is 28.1 Å². The van der Waals surface area contributed by atoms with Crippen LogP contribution < -0.4 is 0 Å². The lowest BCUT2D eigenvalue weighted by Crippen LogP contribution is -2.18. The Kier molecular flexibility index (Phi) is 4.37. The first kappa shape index (κ1) is 12.1. The Balaban J connectivity index is 2.21. The van der Waals surface area contributed by atoms with E-state index in [0.717, 1.165) is 42.5 Å². The number of hydrogen-bond acceptors (Lipinski definition) is 4. The zero-order chi connectivity index (χ0) is 11.4. The summed E-state index contributed by atoms with van der Waals surface area (Å²) in [5, 5.41) is 0. The quantitative estimate of drug-likeness (QED) is 0.844. The van der Waals surface area contributed by atoms with Crippen molar-refractivity contribution in [3.8, 4) is 0 Å². The van der Waals surface area contributed by atoms with E-state index in [2.05, 4.69) is 16.9 Å². The van der Waals surface area contributed by atoms with Crippen LogP contribution in [0.5, 0.6) is 0 Å². The molecule has 2 heterocycles. The van der Waals surface area contributed by atoms with E-state index in [-0.39, 0.29) is 6.10 Å². The number of thioether (sulfide) groups is 1. The molecule has 1 aromatic rings. The van der Waals surface area contributed by atoms with Crippen LogP contribution in [-0.2, 0) is 11.2 Å². The zero-order valence-corrected chi connectivity index (χ0v) is 11.0. The molecule has 0 spiro atoms. The summed E-state index contributed by atoms with van der Waals surface area (Å²) in [6, 6.07) is 1.94. The van der Waals surface area contributed by atoms with Gasteiger partial charge in [0.2, 0.25) is 0 Å². The zero-order valence-electron chi connectivity index (χ0n) is 9.36. The van der Waals surface area contributed by atoms with Gasteiger partial charge in [0.1, 0.15) is 16.6 Å². The highest BCUT2D eigenvalue weighted by Crippen LogP contribution is 2.24. The van der Waals surface area contributed by atoms with Gasteiger partial charge in [-0.25, -0.2) is 4.98 Å². The molecule has 1 aliphatic rings. The highest BCUT2D eigenvalue weighted by Gasteiger charge is 2.18. The lowest BCUT2D eigenvalue weighted by Gasteiger charge is -2.21. The predicted octanol–water partition coefficient (Wildman–Crippen LogP) is 2.90. The molecule has 3 nitrogen and oxygen atoms in total. The van der Waals surface area contributed by atoms with Crippen LogP contribution in [0.25, 0.3) is 0 Å². The van der Waals surface area contributed by atoms with E-state index in [4.69, 9.17) is 17.0 Å². The third-order valence-electron chi connectivity index (χ3n) is 2.46. The molecule has 1 atom stereocenters. The van der Waals surface area contributed by atoms with Gasteiger partial charge >= 0.3 is 0 Å². The van der Waals surface area contributed by atoms with Gasteiger partial charge in [0.25, 0.3) is 0 Å². The van der Waals surface area contributed by atoms with E-state index in [1.807, 2.05) is 17.8 Å². The highest BCUT2D eigenvalue weighted by atomic mass is 32.2. The summed E-state index contributed by atoms with van der Waals surface area (Å²) in [5.41, 5.74) is 1.16. The van der Waals surface area contributed by atoms with Gasteiger partial charge in [0, 0.05) is 17.2 Å². The Morgan fingerprint density at radius 2 is 2.56 bits per heavy atom. The topological polar surface area (TPSA) is 37.9 Å². The van der Waals surface area contributed by atoms with Crippen LogP contribution in [0.4, 0.5) is 0 Å². The Labute approximate surface area is 105 Å². The number of H-pyrrole nitrogens is 1. The van der Waals surface area contributed by atoms with Crippen molar-refractivity contribution in [2.75, 3.05) is 18.1 Å². The number of rotatable bonds is 3. The van der Waals surface area contributed by atoms with Gasteiger partial charge < -0.3 is 9.72 Å². The van der Waals surface area contributed by atoms with Gasteiger partial charge in [-0.2, -0.15) is 11.8 Å². The second-order valence-corrected chi connectivity index (χ2v) is 5.38. The first-order valence-electron chi connectivity index (χ1n) is 5.59.